The number of carboxylic acid groups (broad SMARTS) is 1. The second-order valence-corrected chi connectivity index (χ2v) is 7.94. The molecule has 6 nitrogen and oxygen atoms in total. The van der Waals surface area contributed by atoms with Gasteiger partial charge >= 0.3 is 5.97 Å². The van der Waals surface area contributed by atoms with Gasteiger partial charge in [0, 0.05) is 6.54 Å². The van der Waals surface area contributed by atoms with Crippen LogP contribution >= 0.6 is 34.5 Å². The minimum atomic E-state index is -3.85. The number of thiophene rings is 1. The molecule has 1 saturated heterocycles. The zero-order valence-corrected chi connectivity index (χ0v) is 12.5. The lowest BCUT2D eigenvalue weighted by molar-refractivity contribution is -0.153. The molecule has 1 aliphatic heterocycles. The monoisotopic (exact) mass is 345 g/mol. The third-order valence-electron chi connectivity index (χ3n) is 2.55. The fraction of sp³-hybridized carbons (Fsp3) is 0.444. The van der Waals surface area contributed by atoms with Crippen LogP contribution in [0.2, 0.25) is 8.67 Å². The van der Waals surface area contributed by atoms with Gasteiger partial charge in [0.1, 0.15) is 9.23 Å². The first-order valence-corrected chi connectivity index (χ1v) is 8.13. The topological polar surface area (TPSA) is 83.9 Å². The number of aliphatic carboxylic acids is 1. The van der Waals surface area contributed by atoms with Gasteiger partial charge in [0.15, 0.2) is 6.10 Å². The van der Waals surface area contributed by atoms with Crippen LogP contribution in [0.25, 0.3) is 0 Å². The highest BCUT2D eigenvalue weighted by Crippen LogP contribution is 2.36. The van der Waals surface area contributed by atoms with Crippen LogP contribution < -0.4 is 0 Å². The molecule has 2 heterocycles. The Hall–Kier alpha value is -0.380. The zero-order valence-electron chi connectivity index (χ0n) is 9.38. The van der Waals surface area contributed by atoms with E-state index in [4.69, 9.17) is 33.0 Å². The fourth-order valence-electron chi connectivity index (χ4n) is 1.63. The van der Waals surface area contributed by atoms with E-state index in [0.717, 1.165) is 15.6 Å². The quantitative estimate of drug-likeness (QED) is 0.897. The third-order valence-corrected chi connectivity index (χ3v) is 6.17. The first-order chi connectivity index (χ1) is 8.82. The summed E-state index contributed by atoms with van der Waals surface area (Å²) in [5.74, 6) is -1.20. The lowest BCUT2D eigenvalue weighted by Crippen LogP contribution is -2.48. The number of halogens is 2. The molecular formula is C9H9Cl2NO5S2. The number of hydrogen-bond donors (Lipinski definition) is 1. The van der Waals surface area contributed by atoms with E-state index in [-0.39, 0.29) is 33.3 Å². The molecule has 1 unspecified atom stereocenters. The van der Waals surface area contributed by atoms with Crippen molar-refractivity contribution < 1.29 is 23.1 Å². The SMILES string of the molecule is O=C(O)C1CN(S(=O)(=O)c2cc(Cl)sc2Cl)CCO1. The minimum absolute atomic E-state index is 0.0195. The summed E-state index contributed by atoms with van der Waals surface area (Å²) in [7, 11) is -3.85. The first-order valence-electron chi connectivity index (χ1n) is 5.12. The molecule has 0 radical (unpaired) electrons. The number of morpholine rings is 1. The molecule has 1 N–H and O–H groups in total. The Bertz CT molecular complexity index is 600. The van der Waals surface area contributed by atoms with E-state index in [2.05, 4.69) is 0 Å². The molecule has 0 aliphatic carbocycles. The van der Waals surface area contributed by atoms with Crippen molar-refractivity contribution in [2.45, 2.75) is 11.0 Å². The highest BCUT2D eigenvalue weighted by Gasteiger charge is 2.35. The number of hydrogen-bond acceptors (Lipinski definition) is 5. The molecule has 0 amide bonds. The molecule has 0 saturated carbocycles. The summed E-state index contributed by atoms with van der Waals surface area (Å²) in [6.07, 6.45) is -1.17. The molecule has 0 spiro atoms. The van der Waals surface area contributed by atoms with E-state index in [1.165, 1.54) is 6.07 Å². The summed E-state index contributed by atoms with van der Waals surface area (Å²) in [5.41, 5.74) is 0. The Morgan fingerprint density at radius 2 is 2.21 bits per heavy atom. The van der Waals surface area contributed by atoms with Crippen molar-refractivity contribution in [2.75, 3.05) is 19.7 Å². The highest BCUT2D eigenvalue weighted by atomic mass is 35.5. The van der Waals surface area contributed by atoms with Crippen molar-refractivity contribution in [2.24, 2.45) is 0 Å². The van der Waals surface area contributed by atoms with Gasteiger partial charge in [-0.2, -0.15) is 4.31 Å². The van der Waals surface area contributed by atoms with Gasteiger partial charge in [0.25, 0.3) is 0 Å². The molecule has 1 aliphatic rings. The van der Waals surface area contributed by atoms with E-state index in [1.54, 1.807) is 0 Å². The Labute approximate surface area is 123 Å². The van der Waals surface area contributed by atoms with Crippen LogP contribution in [-0.4, -0.2) is 49.6 Å². The molecular weight excluding hydrogens is 337 g/mol. The Morgan fingerprint density at radius 1 is 1.53 bits per heavy atom. The molecule has 0 aromatic carbocycles. The van der Waals surface area contributed by atoms with Crippen molar-refractivity contribution in [3.63, 3.8) is 0 Å². The Kier molecular flexibility index (Phi) is 4.38. The summed E-state index contributed by atoms with van der Waals surface area (Å²) >= 11 is 12.5. The van der Waals surface area contributed by atoms with E-state index in [9.17, 15) is 13.2 Å². The molecule has 1 aromatic heterocycles. The second-order valence-electron chi connectivity index (χ2n) is 3.75. The number of nitrogens with zero attached hydrogens (tertiary/aromatic N) is 1. The van der Waals surface area contributed by atoms with E-state index < -0.39 is 22.1 Å². The second kappa shape index (κ2) is 5.55. The van der Waals surface area contributed by atoms with Gasteiger partial charge in [0.05, 0.1) is 17.5 Å². The summed E-state index contributed by atoms with van der Waals surface area (Å²) in [6.45, 7) is -0.150. The third kappa shape index (κ3) is 3.04. The smallest absolute Gasteiger partial charge is 0.334 e. The molecule has 0 bridgehead atoms. The number of sulfonamides is 1. The predicted octanol–water partition coefficient (Wildman–Crippen LogP) is 1.53. The standard InChI is InChI=1S/C9H9Cl2NO5S2/c10-7-3-6(8(11)18-7)19(15,16)12-1-2-17-5(4-12)9(13)14/h3,5H,1-2,4H2,(H,13,14). The van der Waals surface area contributed by atoms with Crippen molar-refractivity contribution in [3.8, 4) is 0 Å². The molecule has 1 aromatic rings. The van der Waals surface area contributed by atoms with Gasteiger partial charge in [0.2, 0.25) is 10.0 Å². The lowest BCUT2D eigenvalue weighted by atomic mass is 10.3. The number of carboxylic acids is 1. The zero-order chi connectivity index (χ0) is 14.2. The van der Waals surface area contributed by atoms with Gasteiger partial charge < -0.3 is 9.84 Å². The summed E-state index contributed by atoms with van der Waals surface area (Å²) in [6, 6.07) is 1.26. The molecule has 1 atom stereocenters. The minimum Gasteiger partial charge on any atom is -0.479 e. The fourth-order valence-corrected chi connectivity index (χ4v) is 5.17. The van der Waals surface area contributed by atoms with Gasteiger partial charge in [-0.3, -0.25) is 0 Å². The number of carbonyl (C=O) groups is 1. The number of ether oxygens (including phenoxy) is 1. The van der Waals surface area contributed by atoms with Crippen LogP contribution in [0.4, 0.5) is 0 Å². The normalized spacial score (nSPS) is 21.5. The van der Waals surface area contributed by atoms with Crippen molar-refractivity contribution in [1.29, 1.82) is 0 Å². The molecule has 106 valence electrons. The average Bonchev–Trinajstić information content (AvgIpc) is 2.69. The number of rotatable bonds is 3. The van der Waals surface area contributed by atoms with Crippen LogP contribution in [-0.2, 0) is 19.6 Å². The van der Waals surface area contributed by atoms with Crippen LogP contribution in [0.15, 0.2) is 11.0 Å². The van der Waals surface area contributed by atoms with Crippen molar-refractivity contribution >= 4 is 50.5 Å². The van der Waals surface area contributed by atoms with E-state index in [0.29, 0.717) is 0 Å². The van der Waals surface area contributed by atoms with Gasteiger partial charge in [-0.25, -0.2) is 13.2 Å². The lowest BCUT2D eigenvalue weighted by Gasteiger charge is -2.29. The maximum absolute atomic E-state index is 12.3. The van der Waals surface area contributed by atoms with Crippen molar-refractivity contribution in [3.05, 3.63) is 14.7 Å². The predicted molar refractivity (Wildman–Crippen MR) is 70.5 cm³/mol. The average molecular weight is 346 g/mol. The van der Waals surface area contributed by atoms with Crippen LogP contribution in [0.5, 0.6) is 0 Å². The Morgan fingerprint density at radius 3 is 2.74 bits per heavy atom. The Balaban J connectivity index is 2.29. The van der Waals surface area contributed by atoms with Crippen LogP contribution in [0, 0.1) is 0 Å². The van der Waals surface area contributed by atoms with Crippen molar-refractivity contribution in [1.82, 2.24) is 4.31 Å². The van der Waals surface area contributed by atoms with Gasteiger partial charge in [-0.1, -0.05) is 23.2 Å². The molecule has 1 fully saturated rings. The van der Waals surface area contributed by atoms with Gasteiger partial charge in [-0.05, 0) is 6.07 Å². The van der Waals surface area contributed by atoms with Crippen LogP contribution in [0.1, 0.15) is 0 Å². The molecule has 10 heteroatoms. The first kappa shape index (κ1) is 15.0. The maximum atomic E-state index is 12.3. The highest BCUT2D eigenvalue weighted by molar-refractivity contribution is 7.89. The van der Waals surface area contributed by atoms with Gasteiger partial charge in [-0.15, -0.1) is 11.3 Å². The maximum Gasteiger partial charge on any atom is 0.334 e. The summed E-state index contributed by atoms with van der Waals surface area (Å²) in [5, 5.41) is 8.86. The van der Waals surface area contributed by atoms with Crippen LogP contribution in [0.3, 0.4) is 0 Å². The summed E-state index contributed by atoms with van der Waals surface area (Å²) in [4.78, 5) is 10.7. The molecule has 19 heavy (non-hydrogen) atoms. The van der Waals surface area contributed by atoms with E-state index >= 15 is 0 Å². The molecule has 2 rings (SSSR count). The van der Waals surface area contributed by atoms with E-state index in [1.807, 2.05) is 0 Å². The largest absolute Gasteiger partial charge is 0.479 e. The summed E-state index contributed by atoms with van der Waals surface area (Å²) < 4.78 is 31.0.